The summed E-state index contributed by atoms with van der Waals surface area (Å²) in [5.41, 5.74) is 2.29. The van der Waals surface area contributed by atoms with Crippen molar-refractivity contribution in [3.63, 3.8) is 0 Å². The molecule has 2 rings (SSSR count). The summed E-state index contributed by atoms with van der Waals surface area (Å²) in [6.45, 7) is 2.11. The zero-order valence-corrected chi connectivity index (χ0v) is 12.0. The van der Waals surface area contributed by atoms with Crippen LogP contribution >= 0.6 is 11.8 Å². The van der Waals surface area contributed by atoms with E-state index in [1.54, 1.807) is 11.8 Å². The summed E-state index contributed by atoms with van der Waals surface area (Å²) in [7, 11) is 0. The summed E-state index contributed by atoms with van der Waals surface area (Å²) in [4.78, 5) is 4.73. The Labute approximate surface area is 119 Å². The molecule has 2 aromatic carbocycles. The molecule has 0 heterocycles. The molecule has 1 N–H and O–H groups in total. The number of amidine groups is 1. The second-order valence-electron chi connectivity index (χ2n) is 4.22. The molecule has 0 amide bonds. The van der Waals surface area contributed by atoms with Crippen LogP contribution in [0.4, 0.5) is 5.69 Å². The van der Waals surface area contributed by atoms with Crippen LogP contribution in [0.3, 0.4) is 0 Å². The van der Waals surface area contributed by atoms with E-state index < -0.39 is 0 Å². The van der Waals surface area contributed by atoms with E-state index in [0.29, 0.717) is 0 Å². The summed E-state index contributed by atoms with van der Waals surface area (Å²) in [6, 6.07) is 20.6. The Hall–Kier alpha value is -1.74. The standard InChI is InChI=1S/C16H18N2S/c1-13(14-9-5-3-6-10-14)17-16(19-2)18-15-11-7-4-8-12-15/h3-13H,1-2H3,(H,17,18)/t13-/m0/s1. The van der Waals surface area contributed by atoms with Crippen LogP contribution < -0.4 is 5.32 Å². The molecule has 0 aromatic heterocycles. The minimum Gasteiger partial charge on any atom is -0.335 e. The number of anilines is 1. The highest BCUT2D eigenvalue weighted by atomic mass is 32.2. The maximum atomic E-state index is 4.73. The summed E-state index contributed by atoms with van der Waals surface area (Å²) in [6.07, 6.45) is 2.03. The van der Waals surface area contributed by atoms with Crippen LogP contribution in [0.5, 0.6) is 0 Å². The number of nitrogens with one attached hydrogen (secondary N) is 1. The smallest absolute Gasteiger partial charge is 0.161 e. The van der Waals surface area contributed by atoms with Crippen molar-refractivity contribution in [2.45, 2.75) is 13.0 Å². The predicted molar refractivity (Wildman–Crippen MR) is 85.9 cm³/mol. The molecule has 0 bridgehead atoms. The number of benzene rings is 2. The first-order chi connectivity index (χ1) is 9.29. The van der Waals surface area contributed by atoms with Crippen molar-refractivity contribution in [3.8, 4) is 0 Å². The maximum absolute atomic E-state index is 4.73. The van der Waals surface area contributed by atoms with E-state index in [1.807, 2.05) is 54.8 Å². The number of nitrogens with zero attached hydrogens (tertiary/aromatic N) is 1. The van der Waals surface area contributed by atoms with Gasteiger partial charge in [-0.1, -0.05) is 60.3 Å². The van der Waals surface area contributed by atoms with Gasteiger partial charge in [0, 0.05) is 5.69 Å². The molecule has 0 spiro atoms. The molecule has 2 aromatic rings. The number of hydrogen-bond acceptors (Lipinski definition) is 2. The van der Waals surface area contributed by atoms with Crippen molar-refractivity contribution in [1.29, 1.82) is 0 Å². The van der Waals surface area contributed by atoms with Crippen LogP contribution in [0.1, 0.15) is 18.5 Å². The van der Waals surface area contributed by atoms with E-state index in [9.17, 15) is 0 Å². The summed E-state index contributed by atoms with van der Waals surface area (Å²) >= 11 is 1.63. The number of para-hydroxylation sites is 1. The van der Waals surface area contributed by atoms with Gasteiger partial charge in [-0.05, 0) is 30.9 Å². The van der Waals surface area contributed by atoms with Gasteiger partial charge in [-0.2, -0.15) is 0 Å². The third kappa shape index (κ3) is 4.14. The Morgan fingerprint density at radius 1 is 1.00 bits per heavy atom. The molecule has 0 saturated heterocycles. The fourth-order valence-corrected chi connectivity index (χ4v) is 2.25. The molecule has 0 aliphatic heterocycles. The summed E-state index contributed by atoms with van der Waals surface area (Å²) < 4.78 is 0. The van der Waals surface area contributed by atoms with E-state index in [1.165, 1.54) is 5.56 Å². The fourth-order valence-electron chi connectivity index (χ4n) is 1.76. The van der Waals surface area contributed by atoms with Crippen LogP contribution in [0.2, 0.25) is 0 Å². The number of hydrogen-bond donors (Lipinski definition) is 1. The number of rotatable bonds is 3. The molecule has 98 valence electrons. The minimum absolute atomic E-state index is 0.153. The Kier molecular flexibility index (Phi) is 5.04. The molecule has 0 saturated carbocycles. The van der Waals surface area contributed by atoms with Crippen molar-refractivity contribution in [2.75, 3.05) is 11.6 Å². The molecule has 0 radical (unpaired) electrons. The molecule has 3 heteroatoms. The van der Waals surface area contributed by atoms with E-state index in [4.69, 9.17) is 4.99 Å². The van der Waals surface area contributed by atoms with Crippen molar-refractivity contribution >= 4 is 22.6 Å². The van der Waals surface area contributed by atoms with Gasteiger partial charge in [0.2, 0.25) is 0 Å². The lowest BCUT2D eigenvalue weighted by atomic mass is 10.1. The zero-order chi connectivity index (χ0) is 13.5. The third-order valence-electron chi connectivity index (χ3n) is 2.81. The monoisotopic (exact) mass is 270 g/mol. The van der Waals surface area contributed by atoms with Crippen LogP contribution in [0, 0.1) is 0 Å². The lowest BCUT2D eigenvalue weighted by Gasteiger charge is -2.11. The number of aliphatic imine (C=N–C) groups is 1. The minimum atomic E-state index is 0.153. The van der Waals surface area contributed by atoms with Gasteiger partial charge in [-0.25, -0.2) is 0 Å². The molecule has 0 aliphatic rings. The van der Waals surface area contributed by atoms with Crippen molar-refractivity contribution < 1.29 is 0 Å². The Morgan fingerprint density at radius 3 is 2.16 bits per heavy atom. The highest BCUT2D eigenvalue weighted by molar-refractivity contribution is 8.13. The maximum Gasteiger partial charge on any atom is 0.161 e. The molecule has 19 heavy (non-hydrogen) atoms. The topological polar surface area (TPSA) is 24.4 Å². The highest BCUT2D eigenvalue weighted by Crippen LogP contribution is 2.19. The van der Waals surface area contributed by atoms with Crippen LogP contribution in [-0.4, -0.2) is 11.4 Å². The van der Waals surface area contributed by atoms with Crippen molar-refractivity contribution in [3.05, 3.63) is 66.2 Å². The van der Waals surface area contributed by atoms with Gasteiger partial charge in [0.1, 0.15) is 0 Å². The molecule has 2 nitrogen and oxygen atoms in total. The molecule has 1 atom stereocenters. The first-order valence-electron chi connectivity index (χ1n) is 6.28. The first kappa shape index (κ1) is 13.7. The Balaban J connectivity index is 2.11. The Morgan fingerprint density at radius 2 is 1.58 bits per heavy atom. The van der Waals surface area contributed by atoms with Gasteiger partial charge in [-0.3, -0.25) is 4.99 Å². The molecular weight excluding hydrogens is 252 g/mol. The van der Waals surface area contributed by atoms with Gasteiger partial charge < -0.3 is 5.32 Å². The summed E-state index contributed by atoms with van der Waals surface area (Å²) in [5.74, 6) is 0. The largest absolute Gasteiger partial charge is 0.335 e. The first-order valence-corrected chi connectivity index (χ1v) is 7.51. The SMILES string of the molecule is CSC(=N[C@@H](C)c1ccccc1)Nc1ccccc1. The lowest BCUT2D eigenvalue weighted by molar-refractivity contribution is 0.823. The highest BCUT2D eigenvalue weighted by Gasteiger charge is 2.05. The molecular formula is C16H18N2S. The Bertz CT molecular complexity index is 523. The van der Waals surface area contributed by atoms with Gasteiger partial charge in [-0.15, -0.1) is 0 Å². The van der Waals surface area contributed by atoms with E-state index >= 15 is 0 Å². The summed E-state index contributed by atoms with van der Waals surface area (Å²) in [5, 5.41) is 4.28. The van der Waals surface area contributed by atoms with Crippen LogP contribution in [0.25, 0.3) is 0 Å². The third-order valence-corrected chi connectivity index (χ3v) is 3.41. The van der Waals surface area contributed by atoms with Gasteiger partial charge >= 0.3 is 0 Å². The van der Waals surface area contributed by atoms with E-state index in [0.717, 1.165) is 10.9 Å². The normalized spacial score (nSPS) is 13.1. The molecule has 0 fully saturated rings. The van der Waals surface area contributed by atoms with Gasteiger partial charge in [0.05, 0.1) is 6.04 Å². The lowest BCUT2D eigenvalue weighted by Crippen LogP contribution is -2.08. The van der Waals surface area contributed by atoms with Crippen LogP contribution in [0.15, 0.2) is 65.7 Å². The second-order valence-corrected chi connectivity index (χ2v) is 5.01. The average molecular weight is 270 g/mol. The van der Waals surface area contributed by atoms with E-state index in [-0.39, 0.29) is 6.04 Å². The van der Waals surface area contributed by atoms with Crippen molar-refractivity contribution in [1.82, 2.24) is 0 Å². The molecule has 0 aliphatic carbocycles. The second kappa shape index (κ2) is 7.00. The van der Waals surface area contributed by atoms with Gasteiger partial charge in [0.15, 0.2) is 5.17 Å². The predicted octanol–water partition coefficient (Wildman–Crippen LogP) is 4.58. The van der Waals surface area contributed by atoms with E-state index in [2.05, 4.69) is 24.4 Å². The molecule has 0 unspecified atom stereocenters. The average Bonchev–Trinajstić information content (AvgIpc) is 2.48. The number of thioether (sulfide) groups is 1. The quantitative estimate of drug-likeness (QED) is 0.652. The van der Waals surface area contributed by atoms with Crippen LogP contribution in [-0.2, 0) is 0 Å². The van der Waals surface area contributed by atoms with Gasteiger partial charge in [0.25, 0.3) is 0 Å². The zero-order valence-electron chi connectivity index (χ0n) is 11.2. The fraction of sp³-hybridized carbons (Fsp3) is 0.188. The van der Waals surface area contributed by atoms with Crippen molar-refractivity contribution in [2.24, 2.45) is 4.99 Å².